The summed E-state index contributed by atoms with van der Waals surface area (Å²) in [6.45, 7) is 1.96. The van der Waals surface area contributed by atoms with Crippen LogP contribution in [-0.4, -0.2) is 17.1 Å². The maximum Gasteiger partial charge on any atom is 0.326 e. The van der Waals surface area contributed by atoms with Crippen molar-refractivity contribution >= 4 is 45.8 Å². The quantitative estimate of drug-likeness (QED) is 0.795. The largest absolute Gasteiger partial charge is 0.480 e. The fourth-order valence-electron chi connectivity index (χ4n) is 1.34. The standard InChI is InChI=1S/C11H13ClINO2/c1-2-3-10(11(15)16)14-9-5-4-7(12)6-8(9)13/h4-6,10,14H,2-3H2,1H3,(H,15,16). The minimum absolute atomic E-state index is 0.542. The molecular weight excluding hydrogens is 340 g/mol. The van der Waals surface area contributed by atoms with Gasteiger partial charge in [0, 0.05) is 14.3 Å². The van der Waals surface area contributed by atoms with Crippen molar-refractivity contribution in [1.82, 2.24) is 0 Å². The molecule has 0 saturated heterocycles. The Morgan fingerprint density at radius 2 is 2.31 bits per heavy atom. The van der Waals surface area contributed by atoms with Gasteiger partial charge < -0.3 is 10.4 Å². The summed E-state index contributed by atoms with van der Waals surface area (Å²) in [6, 6.07) is 4.81. The minimum atomic E-state index is -0.826. The zero-order valence-corrected chi connectivity index (χ0v) is 11.7. The second kappa shape index (κ2) is 6.30. The molecule has 16 heavy (non-hydrogen) atoms. The van der Waals surface area contributed by atoms with E-state index >= 15 is 0 Å². The number of nitrogens with one attached hydrogen (secondary N) is 1. The summed E-state index contributed by atoms with van der Waals surface area (Å²) in [7, 11) is 0. The molecule has 0 bridgehead atoms. The number of hydrogen-bond acceptors (Lipinski definition) is 2. The van der Waals surface area contributed by atoms with Crippen LogP contribution >= 0.6 is 34.2 Å². The Bertz CT molecular complexity index is 384. The zero-order valence-electron chi connectivity index (χ0n) is 8.84. The molecular formula is C11H13ClINO2. The Hall–Kier alpha value is -0.490. The first-order chi connectivity index (χ1) is 7.54. The van der Waals surface area contributed by atoms with Crippen LogP contribution in [0.4, 0.5) is 5.69 Å². The summed E-state index contributed by atoms with van der Waals surface area (Å²) in [4.78, 5) is 11.0. The number of carboxylic acids is 1. The maximum atomic E-state index is 11.0. The molecule has 0 aliphatic rings. The lowest BCUT2D eigenvalue weighted by atomic mass is 10.1. The SMILES string of the molecule is CCCC(Nc1ccc(Cl)cc1I)C(=O)O. The van der Waals surface area contributed by atoms with Gasteiger partial charge in [0.2, 0.25) is 0 Å². The Kier molecular flexibility index (Phi) is 5.34. The molecule has 88 valence electrons. The first-order valence-corrected chi connectivity index (χ1v) is 6.44. The molecule has 1 unspecified atom stereocenters. The fraction of sp³-hybridized carbons (Fsp3) is 0.364. The van der Waals surface area contributed by atoms with Gasteiger partial charge in [-0.15, -0.1) is 0 Å². The summed E-state index contributed by atoms with van der Waals surface area (Å²) < 4.78 is 0.924. The van der Waals surface area contributed by atoms with Crippen LogP contribution in [0.5, 0.6) is 0 Å². The van der Waals surface area contributed by atoms with Crippen LogP contribution in [0.25, 0.3) is 0 Å². The second-order valence-electron chi connectivity index (χ2n) is 3.45. The second-order valence-corrected chi connectivity index (χ2v) is 5.05. The Balaban J connectivity index is 2.81. The van der Waals surface area contributed by atoms with Crippen molar-refractivity contribution < 1.29 is 9.90 Å². The van der Waals surface area contributed by atoms with Crippen LogP contribution in [0.1, 0.15) is 19.8 Å². The van der Waals surface area contributed by atoms with Gasteiger partial charge >= 0.3 is 5.97 Å². The van der Waals surface area contributed by atoms with Crippen molar-refractivity contribution in [1.29, 1.82) is 0 Å². The molecule has 2 N–H and O–H groups in total. The molecule has 1 aromatic rings. The molecule has 0 amide bonds. The molecule has 0 aromatic heterocycles. The number of halogens is 2. The van der Waals surface area contributed by atoms with E-state index in [-0.39, 0.29) is 0 Å². The van der Waals surface area contributed by atoms with Gasteiger partial charge in [0.25, 0.3) is 0 Å². The molecule has 0 fully saturated rings. The third kappa shape index (κ3) is 3.83. The van der Waals surface area contributed by atoms with Crippen LogP contribution in [0.3, 0.4) is 0 Å². The fourth-order valence-corrected chi connectivity index (χ4v) is 2.37. The van der Waals surface area contributed by atoms with E-state index in [0.29, 0.717) is 11.4 Å². The first kappa shape index (κ1) is 13.6. The Morgan fingerprint density at radius 3 is 2.81 bits per heavy atom. The third-order valence-corrected chi connectivity index (χ3v) is 3.26. The summed E-state index contributed by atoms with van der Waals surface area (Å²) >= 11 is 7.96. The third-order valence-electron chi connectivity index (χ3n) is 2.14. The average Bonchev–Trinajstić information content (AvgIpc) is 2.20. The van der Waals surface area contributed by atoms with Gasteiger partial charge in [-0.05, 0) is 47.2 Å². The zero-order chi connectivity index (χ0) is 12.1. The summed E-state index contributed by atoms with van der Waals surface area (Å²) in [6.07, 6.45) is 1.43. The van der Waals surface area contributed by atoms with Gasteiger partial charge in [-0.2, -0.15) is 0 Å². The average molecular weight is 354 g/mol. The molecule has 5 heteroatoms. The lowest BCUT2D eigenvalue weighted by Gasteiger charge is -2.16. The monoisotopic (exact) mass is 353 g/mol. The van der Waals surface area contributed by atoms with Gasteiger partial charge in [0.1, 0.15) is 6.04 Å². The van der Waals surface area contributed by atoms with Gasteiger partial charge in [0.15, 0.2) is 0 Å². The molecule has 0 radical (unpaired) electrons. The van der Waals surface area contributed by atoms with Gasteiger partial charge in [-0.25, -0.2) is 4.79 Å². The number of aliphatic carboxylic acids is 1. The highest BCUT2D eigenvalue weighted by Gasteiger charge is 2.16. The number of rotatable bonds is 5. The Labute approximate surface area is 113 Å². The molecule has 0 heterocycles. The number of hydrogen-bond donors (Lipinski definition) is 2. The lowest BCUT2D eigenvalue weighted by Crippen LogP contribution is -2.29. The van der Waals surface area contributed by atoms with Gasteiger partial charge in [0.05, 0.1) is 0 Å². The predicted molar refractivity (Wildman–Crippen MR) is 74.1 cm³/mol. The van der Waals surface area contributed by atoms with Crippen LogP contribution in [-0.2, 0) is 4.79 Å². The lowest BCUT2D eigenvalue weighted by molar-refractivity contribution is -0.138. The van der Waals surface area contributed by atoms with Crippen LogP contribution < -0.4 is 5.32 Å². The highest BCUT2D eigenvalue weighted by atomic mass is 127. The van der Waals surface area contributed by atoms with Crippen LogP contribution in [0, 0.1) is 3.57 Å². The summed E-state index contributed by atoms with van der Waals surface area (Å²) in [5, 5.41) is 12.7. The van der Waals surface area contributed by atoms with Crippen molar-refractivity contribution in [3.8, 4) is 0 Å². The number of anilines is 1. The van der Waals surface area contributed by atoms with E-state index in [1.165, 1.54) is 0 Å². The van der Waals surface area contributed by atoms with E-state index in [4.69, 9.17) is 16.7 Å². The molecule has 0 aliphatic carbocycles. The van der Waals surface area contributed by atoms with E-state index in [9.17, 15) is 4.79 Å². The van der Waals surface area contributed by atoms with Crippen molar-refractivity contribution in [3.63, 3.8) is 0 Å². The molecule has 1 rings (SSSR count). The topological polar surface area (TPSA) is 49.3 Å². The first-order valence-electron chi connectivity index (χ1n) is 4.99. The Morgan fingerprint density at radius 1 is 1.62 bits per heavy atom. The van der Waals surface area contributed by atoms with E-state index < -0.39 is 12.0 Å². The van der Waals surface area contributed by atoms with Gasteiger partial charge in [-0.1, -0.05) is 24.9 Å². The number of carbonyl (C=O) groups is 1. The summed E-state index contributed by atoms with van der Waals surface area (Å²) in [5.41, 5.74) is 0.811. The van der Waals surface area contributed by atoms with Crippen molar-refractivity contribution in [2.45, 2.75) is 25.8 Å². The molecule has 0 saturated carbocycles. The smallest absolute Gasteiger partial charge is 0.326 e. The molecule has 0 aliphatic heterocycles. The molecule has 1 aromatic carbocycles. The van der Waals surface area contributed by atoms with Crippen LogP contribution in [0.2, 0.25) is 5.02 Å². The van der Waals surface area contributed by atoms with E-state index in [2.05, 4.69) is 27.9 Å². The molecule has 3 nitrogen and oxygen atoms in total. The number of benzene rings is 1. The predicted octanol–water partition coefficient (Wildman–Crippen LogP) is 3.61. The van der Waals surface area contributed by atoms with E-state index in [0.717, 1.165) is 15.7 Å². The maximum absolute atomic E-state index is 11.0. The normalized spacial score (nSPS) is 12.2. The minimum Gasteiger partial charge on any atom is -0.480 e. The van der Waals surface area contributed by atoms with E-state index in [1.807, 2.05) is 6.92 Å². The number of carboxylic acid groups (broad SMARTS) is 1. The van der Waals surface area contributed by atoms with E-state index in [1.54, 1.807) is 18.2 Å². The van der Waals surface area contributed by atoms with Crippen molar-refractivity contribution in [2.24, 2.45) is 0 Å². The molecule has 1 atom stereocenters. The molecule has 0 spiro atoms. The highest BCUT2D eigenvalue weighted by molar-refractivity contribution is 14.1. The highest BCUT2D eigenvalue weighted by Crippen LogP contribution is 2.23. The van der Waals surface area contributed by atoms with Crippen molar-refractivity contribution in [3.05, 3.63) is 26.8 Å². The van der Waals surface area contributed by atoms with Crippen LogP contribution in [0.15, 0.2) is 18.2 Å². The van der Waals surface area contributed by atoms with Crippen molar-refractivity contribution in [2.75, 3.05) is 5.32 Å². The van der Waals surface area contributed by atoms with Gasteiger partial charge in [-0.3, -0.25) is 0 Å². The summed E-state index contributed by atoms with van der Waals surface area (Å²) in [5.74, 6) is -0.826.